The van der Waals surface area contributed by atoms with Crippen molar-refractivity contribution >= 4 is 9.84 Å². The first-order valence-electron chi connectivity index (χ1n) is 7.26. The van der Waals surface area contributed by atoms with Crippen LogP contribution >= 0.6 is 0 Å². The SMILES string of the molecule is CCn1ccnc1S(=O)(=O)[C@@H](C)c1cn(-c2ccccc2)nn1. The first-order chi connectivity index (χ1) is 11.0. The molecule has 23 heavy (non-hydrogen) atoms. The highest BCUT2D eigenvalue weighted by Gasteiger charge is 2.31. The van der Waals surface area contributed by atoms with E-state index in [-0.39, 0.29) is 5.16 Å². The molecule has 0 unspecified atom stereocenters. The number of benzene rings is 1. The monoisotopic (exact) mass is 331 g/mol. The predicted octanol–water partition coefficient (Wildman–Crippen LogP) is 2.02. The quantitative estimate of drug-likeness (QED) is 0.714. The molecule has 0 saturated carbocycles. The lowest BCUT2D eigenvalue weighted by Gasteiger charge is -2.10. The smallest absolute Gasteiger partial charge is 0.228 e. The zero-order valence-electron chi connectivity index (χ0n) is 12.9. The molecule has 1 atom stereocenters. The summed E-state index contributed by atoms with van der Waals surface area (Å²) in [6, 6.07) is 9.42. The lowest BCUT2D eigenvalue weighted by molar-refractivity contribution is 0.558. The van der Waals surface area contributed by atoms with E-state index in [2.05, 4.69) is 15.3 Å². The maximum absolute atomic E-state index is 12.8. The van der Waals surface area contributed by atoms with Gasteiger partial charge in [-0.15, -0.1) is 5.10 Å². The van der Waals surface area contributed by atoms with Gasteiger partial charge in [-0.05, 0) is 26.0 Å². The van der Waals surface area contributed by atoms with Crippen molar-refractivity contribution in [3.63, 3.8) is 0 Å². The Bertz CT molecular complexity index is 899. The summed E-state index contributed by atoms with van der Waals surface area (Å²) in [5.41, 5.74) is 1.21. The molecule has 2 heterocycles. The summed E-state index contributed by atoms with van der Waals surface area (Å²) in [6.45, 7) is 4.01. The van der Waals surface area contributed by atoms with Crippen molar-refractivity contribution in [1.82, 2.24) is 24.5 Å². The van der Waals surface area contributed by atoms with Crippen molar-refractivity contribution in [3.8, 4) is 5.69 Å². The van der Waals surface area contributed by atoms with Gasteiger partial charge in [0.05, 0.1) is 11.9 Å². The molecule has 0 saturated heterocycles. The molecular formula is C15H17N5O2S. The Morgan fingerprint density at radius 3 is 2.65 bits per heavy atom. The molecule has 0 aliphatic rings. The Hall–Kier alpha value is -2.48. The number of aryl methyl sites for hydroxylation is 1. The minimum atomic E-state index is -3.62. The second-order valence-corrected chi connectivity index (χ2v) is 7.27. The Balaban J connectivity index is 1.95. The Kier molecular flexibility index (Phi) is 3.99. The van der Waals surface area contributed by atoms with Gasteiger partial charge < -0.3 is 4.57 Å². The summed E-state index contributed by atoms with van der Waals surface area (Å²) in [6.07, 6.45) is 4.78. The summed E-state index contributed by atoms with van der Waals surface area (Å²) >= 11 is 0. The number of nitrogens with zero attached hydrogens (tertiary/aromatic N) is 5. The van der Waals surface area contributed by atoms with Crippen molar-refractivity contribution in [2.75, 3.05) is 0 Å². The van der Waals surface area contributed by atoms with Gasteiger partial charge in [0.25, 0.3) is 0 Å². The standard InChI is InChI=1S/C15H17N5O2S/c1-3-19-10-9-16-15(19)23(21,22)12(2)14-11-20(18-17-14)13-7-5-4-6-8-13/h4-12H,3H2,1-2H3/t12-/m0/s1. The Morgan fingerprint density at radius 2 is 1.96 bits per heavy atom. The largest absolute Gasteiger partial charge is 0.322 e. The van der Waals surface area contributed by atoms with Gasteiger partial charge in [0.1, 0.15) is 10.9 Å². The van der Waals surface area contributed by atoms with Crippen LogP contribution in [0, 0.1) is 0 Å². The number of sulfone groups is 1. The first kappa shape index (κ1) is 15.4. The van der Waals surface area contributed by atoms with Crippen LogP contribution in [-0.4, -0.2) is 33.0 Å². The lowest BCUT2D eigenvalue weighted by atomic mass is 10.3. The molecule has 120 valence electrons. The van der Waals surface area contributed by atoms with Gasteiger partial charge in [0.15, 0.2) is 0 Å². The molecule has 2 aromatic heterocycles. The van der Waals surface area contributed by atoms with Crippen molar-refractivity contribution in [1.29, 1.82) is 0 Å². The van der Waals surface area contributed by atoms with Crippen LogP contribution in [0.1, 0.15) is 24.8 Å². The molecule has 0 bridgehead atoms. The second-order valence-electron chi connectivity index (χ2n) is 5.11. The highest BCUT2D eigenvalue weighted by atomic mass is 32.2. The van der Waals surface area contributed by atoms with E-state index in [1.165, 1.54) is 6.20 Å². The molecule has 3 aromatic rings. The zero-order chi connectivity index (χ0) is 16.4. The molecule has 1 aromatic carbocycles. The Morgan fingerprint density at radius 1 is 1.22 bits per heavy atom. The van der Waals surface area contributed by atoms with E-state index in [0.717, 1.165) is 5.69 Å². The third kappa shape index (κ3) is 2.77. The zero-order valence-corrected chi connectivity index (χ0v) is 13.7. The fraction of sp³-hybridized carbons (Fsp3) is 0.267. The van der Waals surface area contributed by atoms with Crippen molar-refractivity contribution in [3.05, 3.63) is 54.6 Å². The minimum Gasteiger partial charge on any atom is -0.322 e. The van der Waals surface area contributed by atoms with E-state index in [1.807, 2.05) is 37.3 Å². The molecule has 0 N–H and O–H groups in total. The fourth-order valence-electron chi connectivity index (χ4n) is 2.28. The number of hydrogen-bond acceptors (Lipinski definition) is 5. The van der Waals surface area contributed by atoms with Crippen LogP contribution in [0.2, 0.25) is 0 Å². The second kappa shape index (κ2) is 5.96. The molecule has 0 spiro atoms. The van der Waals surface area contributed by atoms with Gasteiger partial charge in [-0.25, -0.2) is 18.1 Å². The average Bonchev–Trinajstić information content (AvgIpc) is 3.24. The number of para-hydroxylation sites is 1. The van der Waals surface area contributed by atoms with Crippen LogP contribution in [0.4, 0.5) is 0 Å². The molecule has 0 amide bonds. The average molecular weight is 331 g/mol. The molecule has 0 radical (unpaired) electrons. The van der Waals surface area contributed by atoms with Gasteiger partial charge >= 0.3 is 0 Å². The molecule has 3 rings (SSSR count). The maximum Gasteiger partial charge on any atom is 0.228 e. The molecule has 0 fully saturated rings. The normalized spacial score (nSPS) is 13.1. The summed E-state index contributed by atoms with van der Waals surface area (Å²) in [5, 5.41) is 7.27. The van der Waals surface area contributed by atoms with Crippen LogP contribution in [0.5, 0.6) is 0 Å². The van der Waals surface area contributed by atoms with Gasteiger partial charge in [-0.2, -0.15) is 0 Å². The van der Waals surface area contributed by atoms with E-state index in [1.54, 1.807) is 28.6 Å². The van der Waals surface area contributed by atoms with Crippen LogP contribution in [0.15, 0.2) is 54.1 Å². The summed E-state index contributed by atoms with van der Waals surface area (Å²) in [7, 11) is -3.62. The van der Waals surface area contributed by atoms with E-state index >= 15 is 0 Å². The summed E-state index contributed by atoms with van der Waals surface area (Å²) < 4.78 is 28.7. The Labute approximate surface area is 134 Å². The van der Waals surface area contributed by atoms with Crippen LogP contribution in [-0.2, 0) is 16.4 Å². The van der Waals surface area contributed by atoms with E-state index in [0.29, 0.717) is 12.2 Å². The third-order valence-corrected chi connectivity index (χ3v) is 5.71. The molecular weight excluding hydrogens is 314 g/mol. The molecule has 0 aliphatic carbocycles. The number of rotatable bonds is 5. The number of hydrogen-bond donors (Lipinski definition) is 0. The van der Waals surface area contributed by atoms with Crippen molar-refractivity contribution in [2.24, 2.45) is 0 Å². The van der Waals surface area contributed by atoms with Crippen LogP contribution < -0.4 is 0 Å². The lowest BCUT2D eigenvalue weighted by Crippen LogP contribution is -2.16. The first-order valence-corrected chi connectivity index (χ1v) is 8.81. The van der Waals surface area contributed by atoms with Gasteiger partial charge in [0, 0.05) is 18.9 Å². The van der Waals surface area contributed by atoms with Crippen LogP contribution in [0.3, 0.4) is 0 Å². The predicted molar refractivity (Wildman–Crippen MR) is 84.9 cm³/mol. The van der Waals surface area contributed by atoms with Gasteiger partial charge in [-0.1, -0.05) is 23.4 Å². The molecule has 7 nitrogen and oxygen atoms in total. The van der Waals surface area contributed by atoms with E-state index in [9.17, 15) is 8.42 Å². The summed E-state index contributed by atoms with van der Waals surface area (Å²) in [4.78, 5) is 3.99. The third-order valence-electron chi connectivity index (χ3n) is 3.69. The highest BCUT2D eigenvalue weighted by Crippen LogP contribution is 2.26. The number of aromatic nitrogens is 5. The van der Waals surface area contributed by atoms with Gasteiger partial charge in [0.2, 0.25) is 15.0 Å². The van der Waals surface area contributed by atoms with Gasteiger partial charge in [-0.3, -0.25) is 0 Å². The topological polar surface area (TPSA) is 82.7 Å². The number of imidazole rings is 1. The van der Waals surface area contributed by atoms with Crippen molar-refractivity contribution in [2.45, 2.75) is 30.8 Å². The van der Waals surface area contributed by atoms with E-state index in [4.69, 9.17) is 0 Å². The van der Waals surface area contributed by atoms with Crippen molar-refractivity contribution < 1.29 is 8.42 Å². The minimum absolute atomic E-state index is 0.0572. The maximum atomic E-state index is 12.8. The van der Waals surface area contributed by atoms with Crippen LogP contribution in [0.25, 0.3) is 5.69 Å². The molecule has 0 aliphatic heterocycles. The highest BCUT2D eigenvalue weighted by molar-refractivity contribution is 7.91. The summed E-state index contributed by atoms with van der Waals surface area (Å²) in [5.74, 6) is 0. The fourth-order valence-corrected chi connectivity index (χ4v) is 3.75. The van der Waals surface area contributed by atoms with E-state index < -0.39 is 15.1 Å². The molecule has 8 heteroatoms.